The maximum Gasteiger partial charge on any atom is 0.295 e. The molecule has 0 unspecified atom stereocenters. The molecule has 136 valence electrons. The van der Waals surface area contributed by atoms with Crippen molar-refractivity contribution >= 4 is 17.3 Å². The van der Waals surface area contributed by atoms with E-state index in [4.69, 9.17) is 0 Å². The van der Waals surface area contributed by atoms with Crippen molar-refractivity contribution in [1.82, 2.24) is 4.90 Å². The monoisotopic (exact) mass is 349 g/mol. The molecule has 3 rings (SSSR count). The second-order valence-corrected chi connectivity index (χ2v) is 6.97. The van der Waals surface area contributed by atoms with E-state index in [-0.39, 0.29) is 11.6 Å². The van der Waals surface area contributed by atoms with E-state index >= 15 is 0 Å². The van der Waals surface area contributed by atoms with Gasteiger partial charge in [0.15, 0.2) is 0 Å². The van der Waals surface area contributed by atoms with Crippen LogP contribution < -0.4 is 4.90 Å². The summed E-state index contributed by atoms with van der Waals surface area (Å²) in [5.74, 6) is 0.0920. The Hall–Kier alpha value is -2.18. The van der Waals surface area contributed by atoms with E-state index in [0.29, 0.717) is 44.2 Å². The molecule has 7 heteroatoms. The van der Waals surface area contributed by atoms with Crippen molar-refractivity contribution in [1.29, 1.82) is 0 Å². The number of nitro benzene ring substituents is 1. The first-order chi connectivity index (χ1) is 12.0. The predicted octanol–water partition coefficient (Wildman–Crippen LogP) is 3.35. The Morgan fingerprint density at radius 2 is 1.84 bits per heavy atom. The summed E-state index contributed by atoms with van der Waals surface area (Å²) in [5, 5.41) is 11.2. The van der Waals surface area contributed by atoms with Crippen molar-refractivity contribution in [3.8, 4) is 0 Å². The fourth-order valence-electron chi connectivity index (χ4n) is 3.87. The van der Waals surface area contributed by atoms with Gasteiger partial charge in [0.05, 0.1) is 11.0 Å². The molecule has 0 atom stereocenters. The minimum absolute atomic E-state index is 0.195. The van der Waals surface area contributed by atoms with Crippen LogP contribution in [0.3, 0.4) is 0 Å². The number of amides is 1. The average molecular weight is 349 g/mol. The lowest BCUT2D eigenvalue weighted by atomic mass is 9.86. The van der Waals surface area contributed by atoms with Crippen LogP contribution in [0, 0.1) is 21.8 Å². The second kappa shape index (κ2) is 7.80. The average Bonchev–Trinajstić information content (AvgIpc) is 2.62. The summed E-state index contributed by atoms with van der Waals surface area (Å²) in [5.41, 5.74) is 0.202. The predicted molar refractivity (Wildman–Crippen MR) is 93.0 cm³/mol. The van der Waals surface area contributed by atoms with Gasteiger partial charge in [-0.2, -0.15) is 0 Å². The number of piperazine rings is 1. The molecule has 0 radical (unpaired) electrons. The summed E-state index contributed by atoms with van der Waals surface area (Å²) in [6, 6.07) is 3.64. The molecule has 1 saturated heterocycles. The number of hydrogen-bond donors (Lipinski definition) is 0. The van der Waals surface area contributed by atoms with Crippen molar-refractivity contribution in [2.75, 3.05) is 31.1 Å². The van der Waals surface area contributed by atoms with Crippen LogP contribution in [0.4, 0.5) is 15.8 Å². The molecule has 1 heterocycles. The highest BCUT2D eigenvalue weighted by Crippen LogP contribution is 2.30. The van der Waals surface area contributed by atoms with Crippen molar-refractivity contribution in [2.24, 2.45) is 5.92 Å². The van der Waals surface area contributed by atoms with Gasteiger partial charge in [-0.25, -0.2) is 4.39 Å². The number of benzene rings is 1. The van der Waals surface area contributed by atoms with Crippen LogP contribution in [0.25, 0.3) is 0 Å². The number of halogens is 1. The number of carbonyl (C=O) groups excluding carboxylic acids is 1. The summed E-state index contributed by atoms with van der Waals surface area (Å²) in [6.45, 7) is 2.17. The Morgan fingerprint density at radius 3 is 2.48 bits per heavy atom. The SMILES string of the molecule is O=C(CC1CCCCC1)N1CCN(c2ccc(F)cc2[N+](=O)[O-])CC1. The molecule has 1 aliphatic carbocycles. The van der Waals surface area contributed by atoms with Crippen LogP contribution in [0.1, 0.15) is 38.5 Å². The van der Waals surface area contributed by atoms with Gasteiger partial charge in [0.2, 0.25) is 5.91 Å². The van der Waals surface area contributed by atoms with Gasteiger partial charge >= 0.3 is 0 Å². The normalized spacial score (nSPS) is 19.1. The number of rotatable bonds is 4. The van der Waals surface area contributed by atoms with E-state index in [1.165, 1.54) is 31.4 Å². The van der Waals surface area contributed by atoms with Crippen LogP contribution in [-0.2, 0) is 4.79 Å². The van der Waals surface area contributed by atoms with E-state index in [0.717, 1.165) is 18.9 Å². The van der Waals surface area contributed by atoms with Gasteiger partial charge in [0.1, 0.15) is 11.5 Å². The van der Waals surface area contributed by atoms with E-state index in [2.05, 4.69) is 0 Å². The van der Waals surface area contributed by atoms with E-state index in [1.54, 1.807) is 0 Å². The zero-order chi connectivity index (χ0) is 17.8. The highest BCUT2D eigenvalue weighted by molar-refractivity contribution is 5.77. The number of anilines is 1. The van der Waals surface area contributed by atoms with Crippen LogP contribution in [0.5, 0.6) is 0 Å². The van der Waals surface area contributed by atoms with Gasteiger partial charge < -0.3 is 9.80 Å². The zero-order valence-electron chi connectivity index (χ0n) is 14.3. The fourth-order valence-corrected chi connectivity index (χ4v) is 3.87. The van der Waals surface area contributed by atoms with Crippen molar-refractivity contribution in [2.45, 2.75) is 38.5 Å². The standard InChI is InChI=1S/C18H24FN3O3/c19-15-6-7-16(17(13-15)22(24)25)20-8-10-21(11-9-20)18(23)12-14-4-2-1-3-5-14/h6-7,13-14H,1-5,8-12H2. The highest BCUT2D eigenvalue weighted by atomic mass is 19.1. The lowest BCUT2D eigenvalue weighted by molar-refractivity contribution is -0.384. The van der Waals surface area contributed by atoms with Gasteiger partial charge in [0.25, 0.3) is 5.69 Å². The Bertz CT molecular complexity index is 638. The van der Waals surface area contributed by atoms with Crippen LogP contribution in [0.2, 0.25) is 0 Å². The first-order valence-corrected chi connectivity index (χ1v) is 9.01. The third kappa shape index (κ3) is 4.27. The molecular weight excluding hydrogens is 325 g/mol. The number of carbonyl (C=O) groups is 1. The first-order valence-electron chi connectivity index (χ1n) is 9.01. The molecule has 0 N–H and O–H groups in total. The summed E-state index contributed by atoms with van der Waals surface area (Å²) in [4.78, 5) is 26.8. The van der Waals surface area contributed by atoms with Gasteiger partial charge in [-0.3, -0.25) is 14.9 Å². The molecular formula is C18H24FN3O3. The van der Waals surface area contributed by atoms with Crippen LogP contribution in [-0.4, -0.2) is 41.9 Å². The van der Waals surface area contributed by atoms with E-state index in [1.807, 2.05) is 9.80 Å². The topological polar surface area (TPSA) is 66.7 Å². The first kappa shape index (κ1) is 17.6. The number of hydrogen-bond acceptors (Lipinski definition) is 4. The Morgan fingerprint density at radius 1 is 1.16 bits per heavy atom. The fraction of sp³-hybridized carbons (Fsp3) is 0.611. The Kier molecular flexibility index (Phi) is 5.50. The molecule has 1 saturated carbocycles. The van der Waals surface area contributed by atoms with Crippen molar-refractivity contribution in [3.63, 3.8) is 0 Å². The van der Waals surface area contributed by atoms with Gasteiger partial charge in [-0.1, -0.05) is 19.3 Å². The highest BCUT2D eigenvalue weighted by Gasteiger charge is 2.27. The quantitative estimate of drug-likeness (QED) is 0.617. The third-order valence-corrected chi connectivity index (χ3v) is 5.30. The lowest BCUT2D eigenvalue weighted by Crippen LogP contribution is -2.49. The molecule has 0 bridgehead atoms. The lowest BCUT2D eigenvalue weighted by Gasteiger charge is -2.36. The van der Waals surface area contributed by atoms with Gasteiger partial charge in [-0.05, 0) is 30.9 Å². The van der Waals surface area contributed by atoms with Crippen molar-refractivity contribution in [3.05, 3.63) is 34.1 Å². The molecule has 1 aromatic rings. The zero-order valence-corrected chi connectivity index (χ0v) is 14.3. The van der Waals surface area contributed by atoms with E-state index < -0.39 is 10.7 Å². The summed E-state index contributed by atoms with van der Waals surface area (Å²) in [7, 11) is 0. The minimum Gasteiger partial charge on any atom is -0.362 e. The van der Waals surface area contributed by atoms with Gasteiger partial charge in [0, 0.05) is 32.6 Å². The summed E-state index contributed by atoms with van der Waals surface area (Å²) >= 11 is 0. The van der Waals surface area contributed by atoms with Crippen LogP contribution in [0.15, 0.2) is 18.2 Å². The molecule has 25 heavy (non-hydrogen) atoms. The molecule has 2 aliphatic rings. The number of nitro groups is 1. The smallest absolute Gasteiger partial charge is 0.295 e. The van der Waals surface area contributed by atoms with Crippen molar-refractivity contribution < 1.29 is 14.1 Å². The number of nitrogens with zero attached hydrogens (tertiary/aromatic N) is 3. The Labute approximate surface area is 146 Å². The van der Waals surface area contributed by atoms with Crippen LogP contribution >= 0.6 is 0 Å². The van der Waals surface area contributed by atoms with Gasteiger partial charge in [-0.15, -0.1) is 0 Å². The third-order valence-electron chi connectivity index (χ3n) is 5.30. The molecule has 2 fully saturated rings. The Balaban J connectivity index is 1.58. The summed E-state index contributed by atoms with van der Waals surface area (Å²) in [6.07, 6.45) is 6.64. The second-order valence-electron chi connectivity index (χ2n) is 6.97. The molecule has 0 aromatic heterocycles. The molecule has 1 amide bonds. The molecule has 0 spiro atoms. The minimum atomic E-state index is -0.614. The molecule has 6 nitrogen and oxygen atoms in total. The summed E-state index contributed by atoms with van der Waals surface area (Å²) < 4.78 is 13.3. The maximum atomic E-state index is 13.3. The molecule has 1 aliphatic heterocycles. The molecule has 1 aromatic carbocycles. The maximum absolute atomic E-state index is 13.3. The largest absolute Gasteiger partial charge is 0.362 e. The van der Waals surface area contributed by atoms with E-state index in [9.17, 15) is 19.3 Å².